The van der Waals surface area contributed by atoms with Crippen LogP contribution in [0.1, 0.15) is 18.9 Å². The number of fused-ring (bicyclic) bond motifs is 1. The second kappa shape index (κ2) is 7.38. The van der Waals surface area contributed by atoms with Crippen molar-refractivity contribution in [3.63, 3.8) is 0 Å². The molecule has 2 atom stereocenters. The number of benzene rings is 1. The SMILES string of the molecule is COc1cccc(Nc2ncnn3ccc(CN4CCC(N)[C@](C)(O)C4)c23)c1. The van der Waals surface area contributed by atoms with E-state index in [2.05, 4.69) is 20.3 Å². The molecule has 8 heteroatoms. The maximum Gasteiger partial charge on any atom is 0.158 e. The molecular formula is C20H26N6O2. The van der Waals surface area contributed by atoms with Crippen molar-refractivity contribution < 1.29 is 9.84 Å². The quantitative estimate of drug-likeness (QED) is 0.618. The van der Waals surface area contributed by atoms with E-state index in [1.54, 1.807) is 14.0 Å². The van der Waals surface area contributed by atoms with E-state index in [1.165, 1.54) is 6.33 Å². The van der Waals surface area contributed by atoms with Crippen molar-refractivity contribution in [3.8, 4) is 5.75 Å². The zero-order valence-corrected chi connectivity index (χ0v) is 16.2. The van der Waals surface area contributed by atoms with Crippen molar-refractivity contribution in [2.45, 2.75) is 31.5 Å². The standard InChI is InChI=1S/C20H26N6O2/c1-20(27)12-25(8-7-17(20)21)11-14-6-9-26-18(14)19(22-13-23-26)24-15-4-3-5-16(10-15)28-2/h3-6,9-10,13,17,27H,7-8,11-12,21H2,1-2H3,(H,22,23,24)/t17?,20-/m1/s1. The monoisotopic (exact) mass is 382 g/mol. The Kier molecular flexibility index (Phi) is 4.92. The number of β-amino-alcohol motifs (C(OH)–C–C–N with tert-alkyl or cyclic N) is 1. The Morgan fingerprint density at radius 2 is 2.25 bits per heavy atom. The molecule has 0 spiro atoms. The van der Waals surface area contributed by atoms with Crippen molar-refractivity contribution in [2.24, 2.45) is 5.73 Å². The van der Waals surface area contributed by atoms with Crippen LogP contribution in [0.25, 0.3) is 5.52 Å². The van der Waals surface area contributed by atoms with Gasteiger partial charge < -0.3 is 20.9 Å². The van der Waals surface area contributed by atoms with Gasteiger partial charge in [0.1, 0.15) is 17.6 Å². The number of aromatic nitrogens is 3. The van der Waals surface area contributed by atoms with E-state index in [1.807, 2.05) is 41.0 Å². The van der Waals surface area contributed by atoms with Gasteiger partial charge in [0.25, 0.3) is 0 Å². The molecule has 4 N–H and O–H groups in total. The van der Waals surface area contributed by atoms with E-state index in [-0.39, 0.29) is 6.04 Å². The molecule has 1 aliphatic rings. The van der Waals surface area contributed by atoms with Crippen LogP contribution in [0.4, 0.5) is 11.5 Å². The first-order valence-electron chi connectivity index (χ1n) is 9.39. The molecule has 1 saturated heterocycles. The van der Waals surface area contributed by atoms with Crippen molar-refractivity contribution in [1.29, 1.82) is 0 Å². The smallest absolute Gasteiger partial charge is 0.158 e. The lowest BCUT2D eigenvalue weighted by atomic mass is 9.90. The molecular weight excluding hydrogens is 356 g/mol. The lowest BCUT2D eigenvalue weighted by Gasteiger charge is -2.41. The number of aliphatic hydroxyl groups is 1. The van der Waals surface area contributed by atoms with E-state index >= 15 is 0 Å². The van der Waals surface area contributed by atoms with E-state index in [0.717, 1.165) is 41.3 Å². The summed E-state index contributed by atoms with van der Waals surface area (Å²) < 4.78 is 7.12. The van der Waals surface area contributed by atoms with Gasteiger partial charge >= 0.3 is 0 Å². The molecule has 3 heterocycles. The zero-order valence-electron chi connectivity index (χ0n) is 16.2. The minimum atomic E-state index is -0.883. The second-order valence-electron chi connectivity index (χ2n) is 7.56. The highest BCUT2D eigenvalue weighted by atomic mass is 16.5. The summed E-state index contributed by atoms with van der Waals surface area (Å²) in [5.41, 5.74) is 8.07. The Balaban J connectivity index is 1.62. The second-order valence-corrected chi connectivity index (χ2v) is 7.56. The summed E-state index contributed by atoms with van der Waals surface area (Å²) in [7, 11) is 1.65. The number of nitrogens with two attached hydrogens (primary N) is 1. The van der Waals surface area contributed by atoms with Crippen LogP contribution in [-0.2, 0) is 6.54 Å². The van der Waals surface area contributed by atoms with Crippen molar-refractivity contribution in [1.82, 2.24) is 19.5 Å². The van der Waals surface area contributed by atoms with Crippen LogP contribution in [0, 0.1) is 0 Å². The van der Waals surface area contributed by atoms with E-state index in [0.29, 0.717) is 13.1 Å². The maximum absolute atomic E-state index is 10.5. The lowest BCUT2D eigenvalue weighted by Crippen LogP contribution is -2.58. The van der Waals surface area contributed by atoms with Gasteiger partial charge in [-0.1, -0.05) is 6.07 Å². The van der Waals surface area contributed by atoms with Crippen LogP contribution in [0.5, 0.6) is 5.75 Å². The van der Waals surface area contributed by atoms with E-state index in [4.69, 9.17) is 10.5 Å². The Morgan fingerprint density at radius 1 is 1.39 bits per heavy atom. The molecule has 3 aromatic rings. The lowest BCUT2D eigenvalue weighted by molar-refractivity contribution is -0.0342. The number of piperidine rings is 1. The fourth-order valence-electron chi connectivity index (χ4n) is 3.73. The molecule has 0 aliphatic carbocycles. The number of hydrogen-bond acceptors (Lipinski definition) is 7. The first-order chi connectivity index (χ1) is 13.5. The van der Waals surface area contributed by atoms with Crippen LogP contribution in [0.15, 0.2) is 42.9 Å². The molecule has 0 radical (unpaired) electrons. The highest BCUT2D eigenvalue weighted by molar-refractivity contribution is 5.76. The molecule has 148 valence electrons. The molecule has 28 heavy (non-hydrogen) atoms. The summed E-state index contributed by atoms with van der Waals surface area (Å²) in [6, 6.07) is 9.57. The highest BCUT2D eigenvalue weighted by Crippen LogP contribution is 2.27. The van der Waals surface area contributed by atoms with Crippen LogP contribution in [-0.4, -0.2) is 56.4 Å². The number of hydrogen-bond donors (Lipinski definition) is 3. The van der Waals surface area contributed by atoms with Gasteiger partial charge in [0, 0.05) is 43.6 Å². The summed E-state index contributed by atoms with van der Waals surface area (Å²) in [4.78, 5) is 6.68. The molecule has 4 rings (SSSR count). The normalized spacial score (nSPS) is 23.1. The number of nitrogens with one attached hydrogen (secondary N) is 1. The third kappa shape index (κ3) is 3.66. The molecule has 1 unspecified atom stereocenters. The van der Waals surface area contributed by atoms with Crippen molar-refractivity contribution in [2.75, 3.05) is 25.5 Å². The summed E-state index contributed by atoms with van der Waals surface area (Å²) in [6.45, 7) is 3.89. The first-order valence-corrected chi connectivity index (χ1v) is 9.39. The van der Waals surface area contributed by atoms with Gasteiger partial charge in [-0.15, -0.1) is 0 Å². The van der Waals surface area contributed by atoms with Gasteiger partial charge in [0.15, 0.2) is 5.82 Å². The predicted molar refractivity (Wildman–Crippen MR) is 108 cm³/mol. The molecule has 1 aliphatic heterocycles. The third-order valence-electron chi connectivity index (χ3n) is 5.36. The average Bonchev–Trinajstić information content (AvgIpc) is 3.08. The first kappa shape index (κ1) is 18.7. The molecule has 1 aromatic carbocycles. The predicted octanol–water partition coefficient (Wildman–Crippen LogP) is 1.77. The minimum absolute atomic E-state index is 0.192. The molecule has 0 amide bonds. The van der Waals surface area contributed by atoms with Gasteiger partial charge in [-0.2, -0.15) is 5.10 Å². The highest BCUT2D eigenvalue weighted by Gasteiger charge is 2.35. The fraction of sp³-hybridized carbons (Fsp3) is 0.400. The van der Waals surface area contributed by atoms with Crippen molar-refractivity contribution in [3.05, 3.63) is 48.4 Å². The maximum atomic E-state index is 10.5. The number of likely N-dealkylation sites (tertiary alicyclic amines) is 1. The summed E-state index contributed by atoms with van der Waals surface area (Å²) >= 11 is 0. The summed E-state index contributed by atoms with van der Waals surface area (Å²) in [6.07, 6.45) is 4.23. The topological polar surface area (TPSA) is 101 Å². The Hall–Kier alpha value is -2.68. The number of nitrogens with zero attached hydrogens (tertiary/aromatic N) is 4. The molecule has 0 saturated carbocycles. The minimum Gasteiger partial charge on any atom is -0.497 e. The summed E-state index contributed by atoms with van der Waals surface area (Å²) in [5, 5.41) is 18.2. The van der Waals surface area contributed by atoms with Crippen LogP contribution < -0.4 is 15.8 Å². The zero-order chi connectivity index (χ0) is 19.7. The molecule has 1 fully saturated rings. The Morgan fingerprint density at radius 3 is 3.04 bits per heavy atom. The van der Waals surface area contributed by atoms with E-state index < -0.39 is 5.60 Å². The Bertz CT molecular complexity index is 970. The number of anilines is 2. The van der Waals surface area contributed by atoms with E-state index in [9.17, 15) is 5.11 Å². The van der Waals surface area contributed by atoms with Crippen LogP contribution in [0.3, 0.4) is 0 Å². The van der Waals surface area contributed by atoms with Gasteiger partial charge in [-0.05, 0) is 37.1 Å². The number of ether oxygens (including phenoxy) is 1. The number of rotatable bonds is 5. The summed E-state index contributed by atoms with van der Waals surface area (Å²) in [5.74, 6) is 1.50. The fourth-order valence-corrected chi connectivity index (χ4v) is 3.73. The molecule has 2 aromatic heterocycles. The largest absolute Gasteiger partial charge is 0.497 e. The van der Waals surface area contributed by atoms with Crippen LogP contribution in [0.2, 0.25) is 0 Å². The van der Waals surface area contributed by atoms with Crippen LogP contribution >= 0.6 is 0 Å². The molecule has 8 nitrogen and oxygen atoms in total. The number of methoxy groups -OCH3 is 1. The van der Waals surface area contributed by atoms with Crippen molar-refractivity contribution >= 4 is 17.0 Å². The third-order valence-corrected chi connectivity index (χ3v) is 5.36. The van der Waals surface area contributed by atoms with Gasteiger partial charge in [-0.25, -0.2) is 9.50 Å². The Labute approximate surface area is 163 Å². The van der Waals surface area contributed by atoms with Gasteiger partial charge in [0.2, 0.25) is 0 Å². The average molecular weight is 382 g/mol. The molecule has 0 bridgehead atoms. The van der Waals surface area contributed by atoms with Gasteiger partial charge in [-0.3, -0.25) is 4.90 Å². The van der Waals surface area contributed by atoms with Gasteiger partial charge in [0.05, 0.1) is 12.7 Å².